The second-order valence-electron chi connectivity index (χ2n) is 6.20. The number of anilines is 1. The Kier molecular flexibility index (Phi) is 4.76. The number of hydrogen-bond acceptors (Lipinski definition) is 4. The van der Waals surface area contributed by atoms with Gasteiger partial charge >= 0.3 is 5.97 Å². The maximum absolute atomic E-state index is 11.8. The van der Waals surface area contributed by atoms with Crippen LogP contribution in [0.5, 0.6) is 5.75 Å². The van der Waals surface area contributed by atoms with E-state index < -0.39 is 14.3 Å². The number of nitrogen functional groups attached to an aromatic ring is 1. The lowest BCUT2D eigenvalue weighted by atomic mass is 10.2. The van der Waals surface area contributed by atoms with Crippen molar-refractivity contribution >= 4 is 31.6 Å². The van der Waals surface area contributed by atoms with E-state index in [4.69, 9.17) is 26.5 Å². The minimum absolute atomic E-state index is 0.0195. The predicted molar refractivity (Wildman–Crippen MR) is 85.0 cm³/mol. The fourth-order valence-corrected chi connectivity index (χ4v) is 2.65. The summed E-state index contributed by atoms with van der Waals surface area (Å²) in [5.74, 6) is -0.161. The van der Waals surface area contributed by atoms with Gasteiger partial charge in [0.15, 0.2) is 0 Å². The summed E-state index contributed by atoms with van der Waals surface area (Å²) in [6, 6.07) is 3.16. The molecule has 6 heteroatoms. The minimum Gasteiger partial charge on any atom is -0.542 e. The number of esters is 1. The monoisotopic (exact) mass is 315 g/mol. The molecule has 2 N–H and O–H groups in total. The van der Waals surface area contributed by atoms with Gasteiger partial charge in [-0.05, 0) is 30.3 Å². The van der Waals surface area contributed by atoms with Gasteiger partial charge in [0.2, 0.25) is 0 Å². The summed E-state index contributed by atoms with van der Waals surface area (Å²) in [5, 5.41) is 0.242. The first kappa shape index (κ1) is 16.9. The van der Waals surface area contributed by atoms with Crippen molar-refractivity contribution in [2.24, 2.45) is 0 Å². The smallest absolute Gasteiger partial charge is 0.341 e. The van der Waals surface area contributed by atoms with Crippen LogP contribution in [0.2, 0.25) is 23.2 Å². The molecule has 0 radical (unpaired) electrons. The van der Waals surface area contributed by atoms with Crippen LogP contribution in [-0.4, -0.2) is 21.4 Å². The Bertz CT molecular complexity index is 524. The van der Waals surface area contributed by atoms with Crippen molar-refractivity contribution in [3.8, 4) is 5.75 Å². The molecule has 0 spiro atoms. The van der Waals surface area contributed by atoms with Gasteiger partial charge in [0.1, 0.15) is 16.3 Å². The maximum atomic E-state index is 11.8. The van der Waals surface area contributed by atoms with E-state index in [0.717, 1.165) is 0 Å². The molecule has 112 valence electrons. The van der Waals surface area contributed by atoms with E-state index in [2.05, 4.69) is 33.9 Å². The van der Waals surface area contributed by atoms with Crippen LogP contribution >= 0.6 is 11.6 Å². The summed E-state index contributed by atoms with van der Waals surface area (Å²) >= 11 is 6.22. The molecule has 0 saturated heterocycles. The Balaban J connectivity index is 3.36. The number of rotatable bonds is 3. The summed E-state index contributed by atoms with van der Waals surface area (Å²) in [6.45, 7) is 10.5. The average molecular weight is 316 g/mol. The van der Waals surface area contributed by atoms with Gasteiger partial charge < -0.3 is 14.9 Å². The van der Waals surface area contributed by atoms with Crippen LogP contribution in [0.15, 0.2) is 12.1 Å². The normalized spacial score (nSPS) is 12.2. The van der Waals surface area contributed by atoms with Gasteiger partial charge in [0.05, 0.1) is 12.8 Å². The highest BCUT2D eigenvalue weighted by Gasteiger charge is 2.40. The van der Waals surface area contributed by atoms with Crippen LogP contribution in [0.3, 0.4) is 0 Å². The largest absolute Gasteiger partial charge is 0.542 e. The molecule has 0 aliphatic heterocycles. The van der Waals surface area contributed by atoms with Gasteiger partial charge in [0.25, 0.3) is 8.32 Å². The molecule has 1 rings (SSSR count). The second kappa shape index (κ2) is 5.66. The van der Waals surface area contributed by atoms with Crippen molar-refractivity contribution in [1.82, 2.24) is 0 Å². The highest BCUT2D eigenvalue weighted by atomic mass is 35.5. The van der Waals surface area contributed by atoms with Crippen molar-refractivity contribution in [3.63, 3.8) is 0 Å². The topological polar surface area (TPSA) is 61.5 Å². The Morgan fingerprint density at radius 2 is 1.85 bits per heavy atom. The Morgan fingerprint density at radius 3 is 2.30 bits per heavy atom. The zero-order valence-electron chi connectivity index (χ0n) is 12.8. The van der Waals surface area contributed by atoms with Gasteiger partial charge in [0, 0.05) is 0 Å². The molecule has 0 atom stereocenters. The second-order valence-corrected chi connectivity index (χ2v) is 11.3. The van der Waals surface area contributed by atoms with Crippen molar-refractivity contribution < 1.29 is 14.0 Å². The molecule has 0 aliphatic carbocycles. The molecule has 0 heterocycles. The number of carbonyl (C=O) groups is 1. The van der Waals surface area contributed by atoms with Crippen molar-refractivity contribution in [2.45, 2.75) is 38.9 Å². The van der Waals surface area contributed by atoms with Gasteiger partial charge in [-0.2, -0.15) is 0 Å². The average Bonchev–Trinajstić information content (AvgIpc) is 2.33. The number of nitrogens with two attached hydrogens (primary N) is 1. The number of benzene rings is 1. The first-order chi connectivity index (χ1) is 9.01. The summed E-state index contributed by atoms with van der Waals surface area (Å²) in [7, 11) is -0.816. The van der Waals surface area contributed by atoms with Crippen LogP contribution in [0, 0.1) is 0 Å². The van der Waals surface area contributed by atoms with Crippen LogP contribution in [0.1, 0.15) is 31.1 Å². The highest BCUT2D eigenvalue weighted by Crippen LogP contribution is 2.42. The third kappa shape index (κ3) is 3.27. The van der Waals surface area contributed by atoms with Gasteiger partial charge in [-0.1, -0.05) is 32.4 Å². The number of halogens is 1. The van der Waals surface area contributed by atoms with Gasteiger partial charge in [-0.15, -0.1) is 0 Å². The Morgan fingerprint density at radius 1 is 1.30 bits per heavy atom. The molecule has 20 heavy (non-hydrogen) atoms. The van der Waals surface area contributed by atoms with Crippen LogP contribution < -0.4 is 10.2 Å². The first-order valence-corrected chi connectivity index (χ1v) is 9.65. The van der Waals surface area contributed by atoms with Crippen LogP contribution in [-0.2, 0) is 4.74 Å². The fraction of sp³-hybridized carbons (Fsp3) is 0.500. The number of hydrogen-bond donors (Lipinski definition) is 1. The van der Waals surface area contributed by atoms with E-state index in [9.17, 15) is 4.79 Å². The Labute approximate surface area is 126 Å². The van der Waals surface area contributed by atoms with E-state index in [-0.39, 0.29) is 10.1 Å². The van der Waals surface area contributed by atoms with Crippen molar-refractivity contribution in [1.29, 1.82) is 0 Å². The van der Waals surface area contributed by atoms with Crippen LogP contribution in [0.4, 0.5) is 5.69 Å². The van der Waals surface area contributed by atoms with Gasteiger partial charge in [-0.25, -0.2) is 4.79 Å². The summed E-state index contributed by atoms with van der Waals surface area (Å²) in [6.07, 6.45) is 0. The van der Waals surface area contributed by atoms with Crippen molar-refractivity contribution in [3.05, 3.63) is 22.7 Å². The maximum Gasteiger partial charge on any atom is 0.341 e. The lowest BCUT2D eigenvalue weighted by Crippen LogP contribution is -2.44. The summed E-state index contributed by atoms with van der Waals surface area (Å²) in [5.41, 5.74) is 6.50. The summed E-state index contributed by atoms with van der Waals surface area (Å²) in [4.78, 5) is 11.8. The van der Waals surface area contributed by atoms with Gasteiger partial charge in [-0.3, -0.25) is 0 Å². The zero-order chi connectivity index (χ0) is 15.7. The molecule has 1 aromatic carbocycles. The molecule has 0 bridgehead atoms. The molecule has 0 amide bonds. The van der Waals surface area contributed by atoms with E-state index in [0.29, 0.717) is 17.0 Å². The molecule has 1 aromatic rings. The van der Waals surface area contributed by atoms with Crippen molar-refractivity contribution in [2.75, 3.05) is 12.8 Å². The number of ether oxygens (including phenoxy) is 1. The molecule has 0 aliphatic rings. The number of carbonyl (C=O) groups excluding carboxylic acids is 1. The van der Waals surface area contributed by atoms with E-state index in [1.54, 1.807) is 12.1 Å². The minimum atomic E-state index is -2.14. The van der Waals surface area contributed by atoms with E-state index in [1.165, 1.54) is 7.11 Å². The Hall–Kier alpha value is -1.20. The third-order valence-electron chi connectivity index (χ3n) is 3.70. The van der Waals surface area contributed by atoms with Crippen LogP contribution in [0.25, 0.3) is 0 Å². The molecule has 0 saturated carbocycles. The zero-order valence-corrected chi connectivity index (χ0v) is 14.6. The van der Waals surface area contributed by atoms with E-state index in [1.807, 2.05) is 0 Å². The van der Waals surface area contributed by atoms with E-state index >= 15 is 0 Å². The fourth-order valence-electron chi connectivity index (χ4n) is 1.35. The molecular formula is C14H22ClNO3Si. The molecule has 0 aromatic heterocycles. The molecule has 4 nitrogen and oxygen atoms in total. The third-order valence-corrected chi connectivity index (χ3v) is 8.41. The molecule has 0 fully saturated rings. The molecule has 0 unspecified atom stereocenters. The SMILES string of the molecule is COC(=O)c1ccc(N)c(Cl)c1O[Si](C)(C)C(C)(C)C. The predicted octanol–water partition coefficient (Wildman–Crippen LogP) is 4.09. The quantitative estimate of drug-likeness (QED) is 0.518. The lowest BCUT2D eigenvalue weighted by molar-refractivity contribution is 0.0598. The highest BCUT2D eigenvalue weighted by molar-refractivity contribution is 6.74. The standard InChI is InChI=1S/C14H22ClNO3Si/c1-14(2,3)20(5,6)19-12-9(13(17)18-4)7-8-10(16)11(12)15/h7-8H,16H2,1-6H3. The molecular weight excluding hydrogens is 294 g/mol. The first-order valence-electron chi connectivity index (χ1n) is 6.36. The number of methoxy groups -OCH3 is 1. The lowest BCUT2D eigenvalue weighted by Gasteiger charge is -2.37. The summed E-state index contributed by atoms with van der Waals surface area (Å²) < 4.78 is 10.9.